The number of aliphatic hydroxyl groups is 1. The minimum atomic E-state index is -0.0863. The monoisotopic (exact) mass is 140 g/mol. The number of hydrogen-bond acceptors (Lipinski definition) is 1. The fourth-order valence-corrected chi connectivity index (χ4v) is 1.71. The molecule has 1 rings (SSSR count). The highest BCUT2D eigenvalue weighted by molar-refractivity contribution is 4.89. The van der Waals surface area contributed by atoms with Gasteiger partial charge in [-0.25, -0.2) is 0 Å². The molecule has 1 fully saturated rings. The molecule has 1 aliphatic rings. The Balaban J connectivity index is 2.50. The molecule has 0 bridgehead atoms. The average Bonchev–Trinajstić information content (AvgIpc) is 1.95. The minimum Gasteiger partial charge on any atom is -0.393 e. The lowest BCUT2D eigenvalue weighted by Crippen LogP contribution is -2.28. The fourth-order valence-electron chi connectivity index (χ4n) is 1.71. The van der Waals surface area contributed by atoms with Crippen LogP contribution in [0.25, 0.3) is 0 Å². The lowest BCUT2D eigenvalue weighted by atomic mass is 9.79. The van der Waals surface area contributed by atoms with Gasteiger partial charge in [-0.3, -0.25) is 0 Å². The van der Waals surface area contributed by atoms with Crippen LogP contribution in [0.3, 0.4) is 0 Å². The van der Waals surface area contributed by atoms with E-state index in [9.17, 15) is 5.11 Å². The summed E-state index contributed by atoms with van der Waals surface area (Å²) < 4.78 is 0. The Labute approximate surface area is 62.8 Å². The molecule has 0 aromatic heterocycles. The molecule has 0 unspecified atom stereocenters. The topological polar surface area (TPSA) is 20.2 Å². The lowest BCUT2D eigenvalue weighted by molar-refractivity contribution is 0.0571. The summed E-state index contributed by atoms with van der Waals surface area (Å²) >= 11 is 0. The molecule has 0 saturated heterocycles. The first-order valence-corrected chi connectivity index (χ1v) is 4.06. The van der Waals surface area contributed by atoms with Gasteiger partial charge < -0.3 is 5.11 Å². The smallest absolute Gasteiger partial charge is 0.0571 e. The summed E-state index contributed by atoms with van der Waals surface area (Å²) in [4.78, 5) is 0. The van der Waals surface area contributed by atoms with Gasteiger partial charge in [-0.2, -0.15) is 0 Å². The number of hydrogen-bond donors (Lipinski definition) is 1. The van der Waals surface area contributed by atoms with E-state index in [-0.39, 0.29) is 6.10 Å². The van der Waals surface area contributed by atoms with Crippen LogP contribution in [0.1, 0.15) is 26.2 Å². The van der Waals surface area contributed by atoms with Gasteiger partial charge in [-0.1, -0.05) is 19.4 Å². The Morgan fingerprint density at radius 2 is 2.20 bits per heavy atom. The van der Waals surface area contributed by atoms with E-state index < -0.39 is 0 Å². The van der Waals surface area contributed by atoms with Gasteiger partial charge >= 0.3 is 0 Å². The van der Waals surface area contributed by atoms with Gasteiger partial charge in [0.15, 0.2) is 0 Å². The van der Waals surface area contributed by atoms with Crippen molar-refractivity contribution in [3.8, 4) is 0 Å². The van der Waals surface area contributed by atoms with Crippen LogP contribution >= 0.6 is 0 Å². The van der Waals surface area contributed by atoms with E-state index in [4.69, 9.17) is 0 Å². The highest BCUT2D eigenvalue weighted by Gasteiger charge is 2.25. The van der Waals surface area contributed by atoms with E-state index >= 15 is 0 Å². The zero-order chi connectivity index (χ0) is 7.56. The maximum absolute atomic E-state index is 9.43. The van der Waals surface area contributed by atoms with Crippen LogP contribution in [-0.2, 0) is 0 Å². The summed E-state index contributed by atoms with van der Waals surface area (Å²) in [6, 6.07) is 0. The first kappa shape index (κ1) is 7.80. The lowest BCUT2D eigenvalue weighted by Gasteiger charge is -2.30. The van der Waals surface area contributed by atoms with Crippen molar-refractivity contribution in [2.24, 2.45) is 11.8 Å². The third-order valence-electron chi connectivity index (χ3n) is 2.62. The maximum atomic E-state index is 9.43. The molecule has 1 aliphatic carbocycles. The minimum absolute atomic E-state index is 0.0863. The molecule has 0 aromatic rings. The molecule has 0 spiro atoms. The normalized spacial score (nSPS) is 41.2. The van der Waals surface area contributed by atoms with Crippen molar-refractivity contribution in [3.63, 3.8) is 0 Å². The van der Waals surface area contributed by atoms with Gasteiger partial charge in [0.05, 0.1) is 6.10 Å². The Bertz CT molecular complexity index is 120. The van der Waals surface area contributed by atoms with Crippen molar-refractivity contribution in [1.29, 1.82) is 0 Å². The van der Waals surface area contributed by atoms with Gasteiger partial charge in [-0.05, 0) is 24.7 Å². The third kappa shape index (κ3) is 1.40. The van der Waals surface area contributed by atoms with Crippen LogP contribution in [0.4, 0.5) is 0 Å². The van der Waals surface area contributed by atoms with Crippen molar-refractivity contribution in [1.82, 2.24) is 0 Å². The van der Waals surface area contributed by atoms with Gasteiger partial charge in [0.25, 0.3) is 0 Å². The molecule has 1 saturated carbocycles. The second-order valence-corrected chi connectivity index (χ2v) is 3.26. The summed E-state index contributed by atoms with van der Waals surface area (Å²) in [6.07, 6.45) is 5.24. The van der Waals surface area contributed by atoms with E-state index in [1.54, 1.807) is 0 Å². The van der Waals surface area contributed by atoms with Gasteiger partial charge in [0, 0.05) is 0 Å². The molecule has 10 heavy (non-hydrogen) atoms. The van der Waals surface area contributed by atoms with Crippen LogP contribution in [0.15, 0.2) is 12.7 Å². The van der Waals surface area contributed by atoms with E-state index in [0.717, 1.165) is 12.8 Å². The second-order valence-electron chi connectivity index (χ2n) is 3.26. The van der Waals surface area contributed by atoms with Crippen molar-refractivity contribution in [3.05, 3.63) is 12.7 Å². The summed E-state index contributed by atoms with van der Waals surface area (Å²) in [5, 5.41) is 9.43. The van der Waals surface area contributed by atoms with Crippen molar-refractivity contribution in [2.45, 2.75) is 32.3 Å². The Hall–Kier alpha value is -0.300. The molecule has 1 heteroatoms. The number of aliphatic hydroxyl groups excluding tert-OH is 1. The average molecular weight is 140 g/mol. The first-order chi connectivity index (χ1) is 4.75. The molecule has 0 amide bonds. The van der Waals surface area contributed by atoms with E-state index in [1.165, 1.54) is 6.42 Å². The van der Waals surface area contributed by atoms with Crippen molar-refractivity contribution < 1.29 is 5.11 Å². The quantitative estimate of drug-likeness (QED) is 0.552. The van der Waals surface area contributed by atoms with Crippen LogP contribution in [-0.4, -0.2) is 11.2 Å². The Morgan fingerprint density at radius 1 is 1.50 bits per heavy atom. The molecule has 1 N–H and O–H groups in total. The summed E-state index contributed by atoms with van der Waals surface area (Å²) in [5.41, 5.74) is 0. The maximum Gasteiger partial charge on any atom is 0.0571 e. The molecular formula is C9H16O. The Morgan fingerprint density at radius 3 is 2.70 bits per heavy atom. The molecule has 0 aromatic carbocycles. The summed E-state index contributed by atoms with van der Waals surface area (Å²) in [6.45, 7) is 5.87. The largest absolute Gasteiger partial charge is 0.393 e. The fraction of sp³-hybridized carbons (Fsp3) is 0.778. The van der Waals surface area contributed by atoms with E-state index in [0.29, 0.717) is 11.8 Å². The molecular weight excluding hydrogens is 124 g/mol. The molecule has 0 heterocycles. The van der Waals surface area contributed by atoms with Crippen LogP contribution < -0.4 is 0 Å². The van der Waals surface area contributed by atoms with Crippen LogP contribution in [0.5, 0.6) is 0 Å². The molecule has 0 radical (unpaired) electrons. The van der Waals surface area contributed by atoms with Gasteiger partial charge in [-0.15, -0.1) is 6.58 Å². The predicted octanol–water partition coefficient (Wildman–Crippen LogP) is 1.97. The van der Waals surface area contributed by atoms with Crippen LogP contribution in [0.2, 0.25) is 0 Å². The first-order valence-electron chi connectivity index (χ1n) is 4.06. The molecule has 1 nitrogen and oxygen atoms in total. The molecule has 3 atom stereocenters. The number of rotatable bonds is 1. The third-order valence-corrected chi connectivity index (χ3v) is 2.62. The second kappa shape index (κ2) is 3.20. The van der Waals surface area contributed by atoms with Gasteiger partial charge in [0.2, 0.25) is 0 Å². The highest BCUT2D eigenvalue weighted by Crippen LogP contribution is 2.30. The highest BCUT2D eigenvalue weighted by atomic mass is 16.3. The summed E-state index contributed by atoms with van der Waals surface area (Å²) in [7, 11) is 0. The zero-order valence-electron chi connectivity index (χ0n) is 6.59. The number of allylic oxidation sites excluding steroid dienone is 1. The van der Waals surface area contributed by atoms with Gasteiger partial charge in [0.1, 0.15) is 0 Å². The SMILES string of the molecule is C=C[C@@H]1CCC[C@H](O)[C@H]1C. The zero-order valence-corrected chi connectivity index (χ0v) is 6.59. The van der Waals surface area contributed by atoms with Crippen molar-refractivity contribution in [2.75, 3.05) is 0 Å². The van der Waals surface area contributed by atoms with E-state index in [1.807, 2.05) is 6.08 Å². The standard InChI is InChI=1S/C9H16O/c1-3-8-5-4-6-9(10)7(8)2/h3,7-10H,1,4-6H2,2H3/t7-,8+,9-/m0/s1. The summed E-state index contributed by atoms with van der Waals surface area (Å²) in [5.74, 6) is 0.968. The predicted molar refractivity (Wildman–Crippen MR) is 42.7 cm³/mol. The molecule has 0 aliphatic heterocycles. The van der Waals surface area contributed by atoms with Crippen LogP contribution in [0, 0.1) is 11.8 Å². The molecule has 58 valence electrons. The Kier molecular flexibility index (Phi) is 2.50. The van der Waals surface area contributed by atoms with Crippen molar-refractivity contribution >= 4 is 0 Å². The van der Waals surface area contributed by atoms with E-state index in [2.05, 4.69) is 13.5 Å².